The van der Waals surface area contributed by atoms with Crippen molar-refractivity contribution in [1.82, 2.24) is 4.90 Å². The zero-order valence-electron chi connectivity index (χ0n) is 12.5. The summed E-state index contributed by atoms with van der Waals surface area (Å²) in [5.74, 6) is 1.82. The summed E-state index contributed by atoms with van der Waals surface area (Å²) in [4.78, 5) is 2.32. The molecule has 8 heteroatoms. The van der Waals surface area contributed by atoms with Crippen LogP contribution in [0.5, 0.6) is 11.5 Å². The Morgan fingerprint density at radius 3 is 2.74 bits per heavy atom. The number of para-hydroxylation sites is 2. The molecular formula is C15H18Cl2N2O3S. The number of hydrogen-bond acceptors (Lipinski definition) is 5. The van der Waals surface area contributed by atoms with Gasteiger partial charge >= 0.3 is 0 Å². The minimum atomic E-state index is -1.67. The van der Waals surface area contributed by atoms with Crippen LogP contribution >= 0.6 is 21.4 Å². The van der Waals surface area contributed by atoms with Crippen LogP contribution in [0.1, 0.15) is 12.8 Å². The second kappa shape index (κ2) is 9.33. The van der Waals surface area contributed by atoms with Gasteiger partial charge in [0, 0.05) is 34.5 Å². The maximum Gasteiger partial charge on any atom is 0.211 e. The molecule has 126 valence electrons. The van der Waals surface area contributed by atoms with Gasteiger partial charge in [0.2, 0.25) is 9.23 Å². The number of benzene rings is 1. The lowest BCUT2D eigenvalue weighted by Gasteiger charge is -2.34. The average Bonchev–Trinajstić information content (AvgIpc) is 2.54. The number of fused-ring (bicyclic) bond motifs is 1. The fourth-order valence-corrected chi connectivity index (χ4v) is 2.77. The van der Waals surface area contributed by atoms with E-state index in [1.165, 1.54) is 0 Å². The van der Waals surface area contributed by atoms with Crippen molar-refractivity contribution >= 4 is 30.6 Å². The van der Waals surface area contributed by atoms with Gasteiger partial charge in [0.05, 0.1) is 12.0 Å². The lowest BCUT2D eigenvalue weighted by Crippen LogP contribution is -2.44. The van der Waals surface area contributed by atoms with Gasteiger partial charge in [0.1, 0.15) is 12.7 Å². The molecule has 0 amide bonds. The maximum atomic E-state index is 9.09. The summed E-state index contributed by atoms with van der Waals surface area (Å²) in [6.07, 6.45) is 2.19. The van der Waals surface area contributed by atoms with Gasteiger partial charge in [-0.2, -0.15) is 5.26 Å². The molecule has 1 saturated heterocycles. The van der Waals surface area contributed by atoms with Crippen LogP contribution in [0.4, 0.5) is 0 Å². The molecule has 0 spiro atoms. The van der Waals surface area contributed by atoms with Gasteiger partial charge in [-0.25, -0.2) is 4.21 Å². The largest absolute Gasteiger partial charge is 0.486 e. The third kappa shape index (κ3) is 6.19. The first-order valence-corrected chi connectivity index (χ1v) is 10.1. The third-order valence-corrected chi connectivity index (χ3v) is 3.72. The fourth-order valence-electron chi connectivity index (χ4n) is 2.77. The van der Waals surface area contributed by atoms with Crippen LogP contribution < -0.4 is 9.47 Å². The number of rotatable bonds is 2. The Morgan fingerprint density at radius 2 is 2.04 bits per heavy atom. The number of nitriles is 1. The van der Waals surface area contributed by atoms with Gasteiger partial charge in [0.25, 0.3) is 0 Å². The van der Waals surface area contributed by atoms with Gasteiger partial charge in [-0.05, 0) is 31.5 Å². The molecule has 0 aromatic heterocycles. The smallest absolute Gasteiger partial charge is 0.211 e. The van der Waals surface area contributed by atoms with E-state index in [9.17, 15) is 0 Å². The highest BCUT2D eigenvalue weighted by Gasteiger charge is 2.26. The first kappa shape index (κ1) is 18.3. The van der Waals surface area contributed by atoms with Crippen LogP contribution in [0.25, 0.3) is 0 Å². The number of hydrogen-bond donors (Lipinski definition) is 0. The molecule has 23 heavy (non-hydrogen) atoms. The quantitative estimate of drug-likeness (QED) is 0.742. The van der Waals surface area contributed by atoms with Crippen molar-refractivity contribution in [3.63, 3.8) is 0 Å². The van der Waals surface area contributed by atoms with E-state index in [-0.39, 0.29) is 12.0 Å². The van der Waals surface area contributed by atoms with Crippen LogP contribution in [0.3, 0.4) is 0 Å². The Bertz CT molecular complexity index is 578. The molecule has 2 heterocycles. The molecule has 1 aromatic carbocycles. The fraction of sp³-hybridized carbons (Fsp3) is 0.533. The molecule has 0 radical (unpaired) electrons. The molecule has 2 unspecified atom stereocenters. The van der Waals surface area contributed by atoms with Crippen LogP contribution in [-0.2, 0) is 9.23 Å². The van der Waals surface area contributed by atoms with Crippen molar-refractivity contribution in [2.45, 2.75) is 18.9 Å². The first-order chi connectivity index (χ1) is 11.1. The summed E-state index contributed by atoms with van der Waals surface area (Å²) in [5, 5.41) is 9.01. The number of ether oxygens (including phenoxy) is 2. The first-order valence-electron chi connectivity index (χ1n) is 7.33. The minimum absolute atomic E-state index is 0.0624. The van der Waals surface area contributed by atoms with Gasteiger partial charge in [-0.3, -0.25) is 4.90 Å². The van der Waals surface area contributed by atoms with Gasteiger partial charge in [-0.15, -0.1) is 0 Å². The average molecular weight is 377 g/mol. The summed E-state index contributed by atoms with van der Waals surface area (Å²) >= 11 is 0. The molecule has 2 aliphatic rings. The Labute approximate surface area is 147 Å². The normalized spacial score (nSPS) is 23.6. The zero-order chi connectivity index (χ0) is 16.7. The van der Waals surface area contributed by atoms with E-state index in [4.69, 9.17) is 18.9 Å². The topological polar surface area (TPSA) is 62.6 Å². The van der Waals surface area contributed by atoms with E-state index in [1.54, 1.807) is 0 Å². The van der Waals surface area contributed by atoms with Crippen molar-refractivity contribution in [3.05, 3.63) is 24.3 Å². The predicted octanol–water partition coefficient (Wildman–Crippen LogP) is 3.10. The summed E-state index contributed by atoms with van der Waals surface area (Å²) in [6, 6.07) is 10.1. The molecular weight excluding hydrogens is 359 g/mol. The van der Waals surface area contributed by atoms with Crippen LogP contribution in [0, 0.1) is 17.2 Å². The number of halogens is 2. The molecule has 0 bridgehead atoms. The number of piperidine rings is 1. The Morgan fingerprint density at radius 1 is 1.35 bits per heavy atom. The highest BCUT2D eigenvalue weighted by Crippen LogP contribution is 2.31. The summed E-state index contributed by atoms with van der Waals surface area (Å²) < 4.78 is 20.8. The predicted molar refractivity (Wildman–Crippen MR) is 91.0 cm³/mol. The second-order valence-electron chi connectivity index (χ2n) is 5.41. The standard InChI is InChI=1S/C15H18N2O2.Cl2OS/c16-8-12-4-3-7-17(9-12)10-13-11-18-14-5-1-2-6-15(14)19-13;1-4(2)3/h1-2,5-6,12-13H,3-4,7,9-11H2;. The monoisotopic (exact) mass is 376 g/mol. The molecule has 5 nitrogen and oxygen atoms in total. The van der Waals surface area contributed by atoms with E-state index < -0.39 is 9.23 Å². The number of nitrogens with zero attached hydrogens (tertiary/aromatic N) is 2. The minimum Gasteiger partial charge on any atom is -0.486 e. The maximum absolute atomic E-state index is 9.09. The van der Waals surface area contributed by atoms with Crippen molar-refractivity contribution in [2.24, 2.45) is 5.92 Å². The van der Waals surface area contributed by atoms with Gasteiger partial charge < -0.3 is 9.47 Å². The molecule has 2 atom stereocenters. The Hall–Kier alpha value is -1.000. The van der Waals surface area contributed by atoms with E-state index in [2.05, 4.69) is 32.3 Å². The van der Waals surface area contributed by atoms with Crippen LogP contribution in [-0.4, -0.2) is 41.5 Å². The molecule has 1 aromatic rings. The van der Waals surface area contributed by atoms with Crippen LogP contribution in [0.2, 0.25) is 0 Å². The molecule has 0 N–H and O–H groups in total. The highest BCUT2D eigenvalue weighted by atomic mass is 36.0. The molecule has 2 aliphatic heterocycles. The Balaban J connectivity index is 0.000000433. The lowest BCUT2D eigenvalue weighted by molar-refractivity contribution is 0.0491. The summed E-state index contributed by atoms with van der Waals surface area (Å²) in [7, 11) is 7.36. The van der Waals surface area contributed by atoms with E-state index >= 15 is 0 Å². The van der Waals surface area contributed by atoms with E-state index in [0.29, 0.717) is 6.61 Å². The molecule has 0 aliphatic carbocycles. The van der Waals surface area contributed by atoms with Crippen molar-refractivity contribution in [3.8, 4) is 17.6 Å². The molecule has 1 fully saturated rings. The van der Waals surface area contributed by atoms with E-state index in [1.807, 2.05) is 24.3 Å². The molecule has 0 saturated carbocycles. The van der Waals surface area contributed by atoms with Gasteiger partial charge in [-0.1, -0.05) is 12.1 Å². The zero-order valence-corrected chi connectivity index (χ0v) is 14.8. The van der Waals surface area contributed by atoms with Crippen LogP contribution in [0.15, 0.2) is 24.3 Å². The van der Waals surface area contributed by atoms with Crippen molar-refractivity contribution < 1.29 is 13.7 Å². The van der Waals surface area contributed by atoms with Crippen molar-refractivity contribution in [1.29, 1.82) is 5.26 Å². The Kier molecular flexibility index (Phi) is 7.44. The lowest BCUT2D eigenvalue weighted by atomic mass is 9.99. The second-order valence-corrected chi connectivity index (χ2v) is 7.93. The van der Waals surface area contributed by atoms with Gasteiger partial charge in [0.15, 0.2) is 11.5 Å². The summed E-state index contributed by atoms with van der Waals surface area (Å²) in [6.45, 7) is 3.34. The highest BCUT2D eigenvalue weighted by molar-refractivity contribution is 8.26. The SMILES string of the molecule is N#CC1CCCN(CC2COc3ccccc3O2)C1.O=S(Cl)Cl. The summed E-state index contributed by atoms with van der Waals surface area (Å²) in [5.41, 5.74) is 0. The number of likely N-dealkylation sites (tertiary alicyclic amines) is 1. The third-order valence-electron chi connectivity index (χ3n) is 3.72. The van der Waals surface area contributed by atoms with E-state index in [0.717, 1.165) is 44.0 Å². The van der Waals surface area contributed by atoms with Crippen molar-refractivity contribution in [2.75, 3.05) is 26.2 Å². The molecule has 3 rings (SSSR count).